The zero-order chi connectivity index (χ0) is 21.4. The fourth-order valence-corrected chi connectivity index (χ4v) is 2.64. The van der Waals surface area contributed by atoms with Gasteiger partial charge in [-0.05, 0) is 18.2 Å². The first-order valence-electron chi connectivity index (χ1n) is 8.59. The summed E-state index contributed by atoms with van der Waals surface area (Å²) in [4.78, 5) is 35.5. The highest BCUT2D eigenvalue weighted by Gasteiger charge is 2.16. The number of esters is 1. The predicted octanol–water partition coefficient (Wildman–Crippen LogP) is 3.39. The molecule has 0 aliphatic carbocycles. The maximum Gasteiger partial charge on any atom is 0.308 e. The highest BCUT2D eigenvalue weighted by atomic mass is 35.5. The Morgan fingerprint density at radius 1 is 1.24 bits per heavy atom. The van der Waals surface area contributed by atoms with Gasteiger partial charge in [0.05, 0.1) is 11.3 Å². The van der Waals surface area contributed by atoms with E-state index in [9.17, 15) is 24.1 Å². The van der Waals surface area contributed by atoms with Crippen LogP contribution in [-0.4, -0.2) is 41.9 Å². The lowest BCUT2D eigenvalue weighted by molar-refractivity contribution is -0.384. The predicted molar refractivity (Wildman–Crippen MR) is 105 cm³/mol. The van der Waals surface area contributed by atoms with Crippen LogP contribution in [0.15, 0.2) is 42.5 Å². The van der Waals surface area contributed by atoms with E-state index in [0.717, 1.165) is 0 Å². The van der Waals surface area contributed by atoms with Gasteiger partial charge in [-0.2, -0.15) is 0 Å². The molecular formula is C19H19ClFN3O5. The average Bonchev–Trinajstić information content (AvgIpc) is 2.69. The number of hydrogen-bond acceptors (Lipinski definition) is 6. The fourth-order valence-electron chi connectivity index (χ4n) is 2.41. The number of nitro benzene ring substituents is 1. The lowest BCUT2D eigenvalue weighted by Gasteiger charge is -2.18. The SMILES string of the molecule is CN(Cc1c(F)cccc1Cl)C(=O)COC(=O)CCNc1ccccc1[N+](=O)[O-]. The molecule has 2 rings (SSSR count). The maximum atomic E-state index is 13.8. The molecule has 0 spiro atoms. The minimum Gasteiger partial charge on any atom is -0.456 e. The Labute approximate surface area is 171 Å². The number of likely N-dealkylation sites (N-methyl/N-ethyl adjacent to an activating group) is 1. The first-order chi connectivity index (χ1) is 13.8. The molecule has 0 aromatic heterocycles. The van der Waals surface area contributed by atoms with E-state index < -0.39 is 29.2 Å². The normalized spacial score (nSPS) is 10.3. The number of carbonyl (C=O) groups excluding carboxylic acids is 2. The topological polar surface area (TPSA) is 102 Å². The van der Waals surface area contributed by atoms with E-state index in [0.29, 0.717) is 0 Å². The number of anilines is 1. The van der Waals surface area contributed by atoms with Crippen LogP contribution in [0.25, 0.3) is 0 Å². The van der Waals surface area contributed by atoms with E-state index in [-0.39, 0.29) is 41.5 Å². The molecular weight excluding hydrogens is 405 g/mol. The molecule has 29 heavy (non-hydrogen) atoms. The highest BCUT2D eigenvalue weighted by molar-refractivity contribution is 6.31. The number of ether oxygens (including phenoxy) is 1. The largest absolute Gasteiger partial charge is 0.456 e. The maximum absolute atomic E-state index is 13.8. The molecule has 2 aromatic carbocycles. The van der Waals surface area contributed by atoms with Crippen molar-refractivity contribution in [2.24, 2.45) is 0 Å². The van der Waals surface area contributed by atoms with E-state index in [2.05, 4.69) is 5.32 Å². The Bertz CT molecular complexity index is 889. The van der Waals surface area contributed by atoms with Crippen molar-refractivity contribution in [2.45, 2.75) is 13.0 Å². The number of benzene rings is 2. The van der Waals surface area contributed by atoms with Crippen molar-refractivity contribution in [3.63, 3.8) is 0 Å². The molecule has 0 unspecified atom stereocenters. The van der Waals surface area contributed by atoms with Crippen LogP contribution in [0.4, 0.5) is 15.8 Å². The van der Waals surface area contributed by atoms with Crippen molar-refractivity contribution in [1.29, 1.82) is 0 Å². The van der Waals surface area contributed by atoms with Gasteiger partial charge in [-0.25, -0.2) is 4.39 Å². The molecule has 0 aliphatic heterocycles. The lowest BCUT2D eigenvalue weighted by Crippen LogP contribution is -2.31. The summed E-state index contributed by atoms with van der Waals surface area (Å²) in [5.74, 6) is -1.71. The van der Waals surface area contributed by atoms with Gasteiger partial charge >= 0.3 is 5.97 Å². The number of para-hydroxylation sites is 2. The van der Waals surface area contributed by atoms with Gasteiger partial charge in [0.2, 0.25) is 0 Å². The van der Waals surface area contributed by atoms with Crippen LogP contribution in [0.3, 0.4) is 0 Å². The molecule has 0 heterocycles. The van der Waals surface area contributed by atoms with Gasteiger partial charge < -0.3 is 15.0 Å². The third-order valence-electron chi connectivity index (χ3n) is 3.98. The summed E-state index contributed by atoms with van der Waals surface area (Å²) in [5, 5.41) is 13.9. The zero-order valence-corrected chi connectivity index (χ0v) is 16.3. The van der Waals surface area contributed by atoms with Crippen LogP contribution in [0.1, 0.15) is 12.0 Å². The van der Waals surface area contributed by atoms with Crippen LogP contribution < -0.4 is 5.32 Å². The molecule has 0 radical (unpaired) electrons. The van der Waals surface area contributed by atoms with Crippen molar-refractivity contribution >= 4 is 34.9 Å². The van der Waals surface area contributed by atoms with E-state index in [4.69, 9.17) is 16.3 Å². The Kier molecular flexibility index (Phi) is 7.90. The van der Waals surface area contributed by atoms with Crippen molar-refractivity contribution < 1.29 is 23.6 Å². The van der Waals surface area contributed by atoms with Crippen molar-refractivity contribution in [3.05, 3.63) is 69.0 Å². The minimum atomic E-state index is -0.651. The summed E-state index contributed by atoms with van der Waals surface area (Å²) in [6.45, 7) is -0.480. The van der Waals surface area contributed by atoms with E-state index in [1.54, 1.807) is 6.07 Å². The molecule has 1 N–H and O–H groups in total. The molecule has 0 aliphatic rings. The fraction of sp³-hybridized carbons (Fsp3) is 0.263. The number of nitrogens with one attached hydrogen (secondary N) is 1. The van der Waals surface area contributed by atoms with Gasteiger partial charge in [0.1, 0.15) is 11.5 Å². The third-order valence-corrected chi connectivity index (χ3v) is 4.34. The van der Waals surface area contributed by atoms with Crippen molar-refractivity contribution in [2.75, 3.05) is 25.5 Å². The van der Waals surface area contributed by atoms with E-state index >= 15 is 0 Å². The second-order valence-corrected chi connectivity index (χ2v) is 6.47. The van der Waals surface area contributed by atoms with Gasteiger partial charge in [-0.3, -0.25) is 19.7 Å². The molecule has 1 amide bonds. The van der Waals surface area contributed by atoms with Crippen LogP contribution >= 0.6 is 11.6 Å². The molecule has 10 heteroatoms. The Morgan fingerprint density at radius 2 is 1.97 bits per heavy atom. The van der Waals surface area contributed by atoms with Gasteiger partial charge in [0.25, 0.3) is 11.6 Å². The Morgan fingerprint density at radius 3 is 2.66 bits per heavy atom. The standard InChI is InChI=1S/C19H19ClFN3O5/c1-23(11-13-14(20)5-4-6-15(13)21)18(25)12-29-19(26)9-10-22-16-7-2-3-8-17(16)24(27)28/h2-8,22H,9-12H2,1H3. The lowest BCUT2D eigenvalue weighted by atomic mass is 10.2. The molecule has 0 bridgehead atoms. The quantitative estimate of drug-likeness (QED) is 0.377. The Hall–Kier alpha value is -3.20. The number of rotatable bonds is 9. The summed E-state index contributed by atoms with van der Waals surface area (Å²) in [6.07, 6.45) is -0.0951. The highest BCUT2D eigenvalue weighted by Crippen LogP contribution is 2.23. The summed E-state index contributed by atoms with van der Waals surface area (Å²) in [5.41, 5.74) is 0.345. The second kappa shape index (κ2) is 10.4. The van der Waals surface area contributed by atoms with Gasteiger partial charge in [-0.15, -0.1) is 0 Å². The van der Waals surface area contributed by atoms with Crippen LogP contribution in [0, 0.1) is 15.9 Å². The molecule has 2 aromatic rings. The first-order valence-corrected chi connectivity index (χ1v) is 8.97. The molecule has 0 saturated heterocycles. The second-order valence-electron chi connectivity index (χ2n) is 6.06. The smallest absolute Gasteiger partial charge is 0.308 e. The monoisotopic (exact) mass is 423 g/mol. The number of hydrogen-bond donors (Lipinski definition) is 1. The molecule has 8 nitrogen and oxygen atoms in total. The number of halogens is 2. The molecule has 154 valence electrons. The van der Waals surface area contributed by atoms with Gasteiger partial charge in [0.15, 0.2) is 6.61 Å². The molecule has 0 fully saturated rings. The number of nitrogens with zero attached hydrogens (tertiary/aromatic N) is 2. The Balaban J connectivity index is 1.77. The van der Waals surface area contributed by atoms with Crippen LogP contribution in [-0.2, 0) is 20.9 Å². The van der Waals surface area contributed by atoms with E-state index in [1.807, 2.05) is 0 Å². The number of nitro groups is 1. The number of amides is 1. The summed E-state index contributed by atoms with van der Waals surface area (Å²) in [6, 6.07) is 10.2. The van der Waals surface area contributed by atoms with Crippen LogP contribution in [0.2, 0.25) is 5.02 Å². The van der Waals surface area contributed by atoms with Crippen LogP contribution in [0.5, 0.6) is 0 Å². The van der Waals surface area contributed by atoms with Gasteiger partial charge in [0, 0.05) is 36.8 Å². The summed E-state index contributed by atoms with van der Waals surface area (Å²) >= 11 is 5.93. The minimum absolute atomic E-state index is 0.0683. The summed E-state index contributed by atoms with van der Waals surface area (Å²) < 4.78 is 18.7. The zero-order valence-electron chi connectivity index (χ0n) is 15.6. The third kappa shape index (κ3) is 6.42. The van der Waals surface area contributed by atoms with Crippen molar-refractivity contribution in [1.82, 2.24) is 4.90 Å². The summed E-state index contributed by atoms with van der Waals surface area (Å²) in [7, 11) is 1.44. The molecule has 0 saturated carbocycles. The first kappa shape index (κ1) is 22.1. The molecule has 0 atom stereocenters. The van der Waals surface area contributed by atoms with Crippen molar-refractivity contribution in [3.8, 4) is 0 Å². The van der Waals surface area contributed by atoms with Gasteiger partial charge in [-0.1, -0.05) is 29.8 Å². The number of carbonyl (C=O) groups is 2. The average molecular weight is 424 g/mol. The van der Waals surface area contributed by atoms with E-state index in [1.165, 1.54) is 48.3 Å².